The van der Waals surface area contributed by atoms with Crippen molar-refractivity contribution in [2.75, 3.05) is 11.9 Å². The van der Waals surface area contributed by atoms with Gasteiger partial charge in [-0.3, -0.25) is 9.59 Å². The van der Waals surface area contributed by atoms with Crippen LogP contribution in [0.25, 0.3) is 11.8 Å². The topological polar surface area (TPSA) is 233 Å². The van der Waals surface area contributed by atoms with E-state index < -0.39 is 34.8 Å². The third kappa shape index (κ3) is 8.88. The first-order chi connectivity index (χ1) is 19.1. The molecular weight excluding hydrogens is 548 g/mol. The summed E-state index contributed by atoms with van der Waals surface area (Å²) in [6, 6.07) is 9.35. The van der Waals surface area contributed by atoms with Gasteiger partial charge in [0.15, 0.2) is 5.03 Å². The van der Waals surface area contributed by atoms with E-state index in [1.807, 2.05) is 0 Å². The molecule has 2 aromatic carbocycles. The molecule has 0 spiro atoms. The molecule has 208 valence electrons. The monoisotopic (exact) mass is 570 g/mol. The predicted octanol–water partition coefficient (Wildman–Crippen LogP) is 1.03. The van der Waals surface area contributed by atoms with Crippen LogP contribution in [-0.2, 0) is 9.59 Å². The van der Waals surface area contributed by atoms with Crippen LogP contribution in [0.4, 0.5) is 5.69 Å². The van der Waals surface area contributed by atoms with E-state index >= 15 is 0 Å². The van der Waals surface area contributed by atoms with E-state index in [2.05, 4.69) is 36.6 Å². The van der Waals surface area contributed by atoms with Gasteiger partial charge in [0.1, 0.15) is 17.5 Å². The summed E-state index contributed by atoms with van der Waals surface area (Å²) in [5.74, 6) is -2.71. The lowest BCUT2D eigenvalue weighted by Gasteiger charge is -2.18. The van der Waals surface area contributed by atoms with E-state index in [1.54, 1.807) is 18.2 Å². The molecule has 17 heteroatoms. The summed E-state index contributed by atoms with van der Waals surface area (Å²) in [6.45, 7) is 0.129. The van der Waals surface area contributed by atoms with Crippen LogP contribution >= 0.6 is 11.6 Å². The van der Waals surface area contributed by atoms with Crippen LogP contribution in [0.1, 0.15) is 28.8 Å². The summed E-state index contributed by atoms with van der Waals surface area (Å²) in [4.78, 5) is 47.3. The number of carbonyl (C=O) groups is 3. The number of guanidine groups is 1. The Labute approximate surface area is 231 Å². The van der Waals surface area contributed by atoms with Gasteiger partial charge in [0.25, 0.3) is 5.96 Å². The van der Waals surface area contributed by atoms with Gasteiger partial charge in [-0.1, -0.05) is 11.6 Å². The zero-order chi connectivity index (χ0) is 29.1. The maximum absolute atomic E-state index is 13.0. The summed E-state index contributed by atoms with van der Waals surface area (Å²) < 4.78 is 1.39. The minimum absolute atomic E-state index is 0.0371. The van der Waals surface area contributed by atoms with Gasteiger partial charge in [-0.25, -0.2) is 14.9 Å². The van der Waals surface area contributed by atoms with Crippen molar-refractivity contribution >= 4 is 47.1 Å². The fraction of sp³-hybridized carbons (Fsp3) is 0.174. The molecule has 0 aliphatic heterocycles. The zero-order valence-electron chi connectivity index (χ0n) is 20.6. The molecule has 0 radical (unpaired) electrons. The molecule has 40 heavy (non-hydrogen) atoms. The molecule has 3 rings (SSSR count). The first kappa shape index (κ1) is 29.2. The van der Waals surface area contributed by atoms with E-state index in [4.69, 9.17) is 22.4 Å². The van der Waals surface area contributed by atoms with Crippen LogP contribution in [0, 0.1) is 10.1 Å². The number of carbonyl (C=O) groups excluding carboxylic acids is 2. The van der Waals surface area contributed by atoms with Crippen molar-refractivity contribution in [3.05, 3.63) is 81.1 Å². The number of nitrogens with two attached hydrogens (primary N) is 1. The number of aromatic nitrogens is 4. The fourth-order valence-electron chi connectivity index (χ4n) is 3.36. The summed E-state index contributed by atoms with van der Waals surface area (Å²) in [5, 5.41) is 40.6. The highest BCUT2D eigenvalue weighted by atomic mass is 35.5. The Hall–Kier alpha value is -5.38. The Morgan fingerprint density at radius 2 is 1.98 bits per heavy atom. The van der Waals surface area contributed by atoms with E-state index in [0.717, 1.165) is 0 Å². The third-order valence-corrected chi connectivity index (χ3v) is 5.43. The molecule has 0 aliphatic rings. The minimum Gasteiger partial charge on any atom is -0.478 e. The second-order valence-electron chi connectivity index (χ2n) is 8.02. The van der Waals surface area contributed by atoms with Crippen molar-refractivity contribution in [3.8, 4) is 5.69 Å². The van der Waals surface area contributed by atoms with E-state index in [0.29, 0.717) is 22.0 Å². The molecule has 16 nitrogen and oxygen atoms in total. The second-order valence-corrected chi connectivity index (χ2v) is 8.45. The highest BCUT2D eigenvalue weighted by Crippen LogP contribution is 2.20. The average molecular weight is 571 g/mol. The number of hydrogen-bond donors (Lipinski definition) is 5. The number of benzene rings is 2. The molecule has 0 unspecified atom stereocenters. The van der Waals surface area contributed by atoms with Crippen molar-refractivity contribution in [2.45, 2.75) is 18.9 Å². The first-order valence-corrected chi connectivity index (χ1v) is 11.9. The van der Waals surface area contributed by atoms with Crippen molar-refractivity contribution in [1.29, 1.82) is 0 Å². The smallest absolute Gasteiger partial charge is 0.335 e. The van der Waals surface area contributed by atoms with Crippen LogP contribution in [-0.4, -0.2) is 66.7 Å². The molecule has 0 fully saturated rings. The standard InChI is InChI=1S/C23H23ClN10O6/c24-16-6-9-19(33-13-27-31-32-33)15(12-16)5-10-20(35)29-18(2-1-11-26-23(25)30-34(39)40)21(36)28-17-7-3-14(4-8-17)22(37)38/h3-10,12-13,18H,1-2,11H2,(H,28,36)(H,29,35)(H,37,38)(H3,25,26,30)/b10-5+/t18-/m0/s1. The summed E-state index contributed by atoms with van der Waals surface area (Å²) >= 11 is 6.10. The molecule has 3 aromatic rings. The van der Waals surface area contributed by atoms with Gasteiger partial charge in [0, 0.05) is 28.9 Å². The Kier molecular flexibility index (Phi) is 10.2. The van der Waals surface area contributed by atoms with Crippen LogP contribution in [0.5, 0.6) is 0 Å². The molecule has 1 heterocycles. The van der Waals surface area contributed by atoms with Crippen LogP contribution in [0.15, 0.2) is 60.0 Å². The number of tetrazole rings is 1. The predicted molar refractivity (Wildman–Crippen MR) is 143 cm³/mol. The molecule has 6 N–H and O–H groups in total. The van der Waals surface area contributed by atoms with Gasteiger partial charge in [0.2, 0.25) is 11.8 Å². The van der Waals surface area contributed by atoms with Gasteiger partial charge in [0.05, 0.1) is 11.3 Å². The first-order valence-electron chi connectivity index (χ1n) is 11.5. The molecule has 0 saturated heterocycles. The number of nitro groups is 1. The summed E-state index contributed by atoms with van der Waals surface area (Å²) in [6.07, 6.45) is 4.45. The highest BCUT2D eigenvalue weighted by molar-refractivity contribution is 6.30. The van der Waals surface area contributed by atoms with E-state index in [1.165, 1.54) is 47.4 Å². The number of nitrogens with one attached hydrogen (secondary N) is 3. The Bertz CT molecular complexity index is 1430. The number of halogens is 1. The number of anilines is 1. The van der Waals surface area contributed by atoms with E-state index in [-0.39, 0.29) is 24.9 Å². The second kappa shape index (κ2) is 14.0. The Balaban J connectivity index is 1.72. The zero-order valence-corrected chi connectivity index (χ0v) is 21.4. The minimum atomic E-state index is -1.12. The number of nitrogens with zero attached hydrogens (tertiary/aromatic N) is 6. The summed E-state index contributed by atoms with van der Waals surface area (Å²) in [7, 11) is 0. The lowest BCUT2D eigenvalue weighted by molar-refractivity contribution is -0.485. The lowest BCUT2D eigenvalue weighted by Crippen LogP contribution is -2.44. The van der Waals surface area contributed by atoms with Crippen LogP contribution < -0.4 is 21.7 Å². The number of carboxylic acids is 1. The molecule has 2 amide bonds. The van der Waals surface area contributed by atoms with Crippen molar-refractivity contribution in [2.24, 2.45) is 10.8 Å². The summed E-state index contributed by atoms with van der Waals surface area (Å²) in [5.41, 5.74) is 6.83. The van der Waals surface area contributed by atoms with Crippen molar-refractivity contribution in [3.63, 3.8) is 0 Å². The normalized spacial score (nSPS) is 12.1. The Morgan fingerprint density at radius 3 is 2.62 bits per heavy atom. The van der Waals surface area contributed by atoms with Gasteiger partial charge in [-0.05, 0) is 71.8 Å². The van der Waals surface area contributed by atoms with Gasteiger partial charge >= 0.3 is 5.97 Å². The molecule has 1 aromatic heterocycles. The molecular formula is C23H23ClN10O6. The molecule has 0 aliphatic carbocycles. The van der Waals surface area contributed by atoms with Gasteiger partial charge in [-0.2, -0.15) is 4.68 Å². The third-order valence-electron chi connectivity index (χ3n) is 5.20. The SMILES string of the molecule is N/C(=N/[N+](=O)[O-])NCCC[C@H](NC(=O)/C=C/c1cc(Cl)ccc1-n1cnnn1)C(=O)Nc1ccc(C(=O)O)cc1. The van der Waals surface area contributed by atoms with Crippen LogP contribution in [0.3, 0.4) is 0 Å². The molecule has 1 atom stereocenters. The molecule has 0 saturated carbocycles. The maximum Gasteiger partial charge on any atom is 0.335 e. The van der Waals surface area contributed by atoms with Gasteiger partial charge in [-0.15, -0.1) is 5.10 Å². The molecule has 0 bridgehead atoms. The number of aromatic carboxylic acids is 1. The van der Waals surface area contributed by atoms with Crippen molar-refractivity contribution < 1.29 is 24.5 Å². The largest absolute Gasteiger partial charge is 0.478 e. The number of hydrazone groups is 1. The quantitative estimate of drug-likeness (QED) is 0.0515. The Morgan fingerprint density at radius 1 is 1.23 bits per heavy atom. The van der Waals surface area contributed by atoms with Gasteiger partial charge < -0.3 is 26.8 Å². The number of amides is 2. The fourth-order valence-corrected chi connectivity index (χ4v) is 3.55. The number of hydrogen-bond acceptors (Lipinski definition) is 8. The maximum atomic E-state index is 13.0. The lowest BCUT2D eigenvalue weighted by atomic mass is 10.1. The average Bonchev–Trinajstić information content (AvgIpc) is 3.44. The van der Waals surface area contributed by atoms with Crippen LogP contribution in [0.2, 0.25) is 5.02 Å². The van der Waals surface area contributed by atoms with Crippen molar-refractivity contribution in [1.82, 2.24) is 30.8 Å². The van der Waals surface area contributed by atoms with E-state index in [9.17, 15) is 24.5 Å². The highest BCUT2D eigenvalue weighted by Gasteiger charge is 2.20. The number of rotatable bonds is 12. The number of carboxylic acid groups (broad SMARTS) is 1.